The monoisotopic (exact) mass is 527 g/mol. The average Bonchev–Trinajstić information content (AvgIpc) is 3.40. The maximum Gasteiger partial charge on any atom is 0.226 e. The number of nitrogens with one attached hydrogen (secondary N) is 2. The first-order chi connectivity index (χ1) is 18.4. The highest BCUT2D eigenvalue weighted by atomic mass is 32.1. The van der Waals surface area contributed by atoms with Crippen LogP contribution in [0.15, 0.2) is 85.1 Å². The second-order valence-electron chi connectivity index (χ2n) is 9.50. The number of hydrogen-bond donors (Lipinski definition) is 2. The van der Waals surface area contributed by atoms with Gasteiger partial charge in [0.05, 0.1) is 23.5 Å². The Kier molecular flexibility index (Phi) is 7.51. The molecule has 194 valence electrons. The van der Waals surface area contributed by atoms with Gasteiger partial charge >= 0.3 is 0 Å². The van der Waals surface area contributed by atoms with E-state index in [4.69, 9.17) is 12.2 Å². The lowest BCUT2D eigenvalue weighted by molar-refractivity contribution is -0.116. The van der Waals surface area contributed by atoms with Gasteiger partial charge in [0, 0.05) is 37.1 Å². The highest BCUT2D eigenvalue weighted by Crippen LogP contribution is 2.41. The van der Waals surface area contributed by atoms with Crippen LogP contribution in [-0.4, -0.2) is 32.0 Å². The van der Waals surface area contributed by atoms with E-state index >= 15 is 0 Å². The highest BCUT2D eigenvalue weighted by Gasteiger charge is 2.41. The molecular weight excluding hydrogens is 497 g/mol. The Hall–Kier alpha value is -4.04. The molecule has 38 heavy (non-hydrogen) atoms. The van der Waals surface area contributed by atoms with Crippen LogP contribution in [0.2, 0.25) is 0 Å². The maximum atomic E-state index is 14.1. The van der Waals surface area contributed by atoms with Gasteiger partial charge in [-0.2, -0.15) is 0 Å². The van der Waals surface area contributed by atoms with Crippen molar-refractivity contribution in [3.8, 4) is 0 Å². The molecule has 0 radical (unpaired) electrons. The predicted octanol–water partition coefficient (Wildman–Crippen LogP) is 5.69. The summed E-state index contributed by atoms with van der Waals surface area (Å²) in [6.45, 7) is 5.39. The number of amides is 1. The van der Waals surface area contributed by atoms with Crippen LogP contribution in [-0.2, 0) is 11.3 Å². The third-order valence-corrected chi connectivity index (χ3v) is 7.39. The Balaban J connectivity index is 1.43. The number of nitrogens with zero attached hydrogens (tertiary/aromatic N) is 3. The molecule has 0 aliphatic carbocycles. The minimum Gasteiger partial charge on any atom is -0.352 e. The average molecular weight is 528 g/mol. The van der Waals surface area contributed by atoms with E-state index in [1.165, 1.54) is 11.6 Å². The topological polar surface area (TPSA) is 62.2 Å². The number of aromatic nitrogens is 2. The normalized spacial score (nSPS) is 16.9. The number of benzene rings is 2. The van der Waals surface area contributed by atoms with Crippen molar-refractivity contribution in [1.29, 1.82) is 0 Å². The summed E-state index contributed by atoms with van der Waals surface area (Å²) in [7, 11) is 0. The lowest BCUT2D eigenvalue weighted by Crippen LogP contribution is -2.33. The van der Waals surface area contributed by atoms with Crippen molar-refractivity contribution in [3.05, 3.63) is 119 Å². The Morgan fingerprint density at radius 2 is 1.79 bits per heavy atom. The van der Waals surface area contributed by atoms with Gasteiger partial charge in [-0.05, 0) is 67.5 Å². The van der Waals surface area contributed by atoms with Crippen LogP contribution in [0.1, 0.15) is 46.7 Å². The third kappa shape index (κ3) is 5.31. The van der Waals surface area contributed by atoms with E-state index in [1.54, 1.807) is 24.4 Å². The lowest BCUT2D eigenvalue weighted by Gasteiger charge is -2.28. The molecule has 1 fully saturated rings. The molecule has 1 aliphatic heterocycles. The molecule has 3 heterocycles. The zero-order valence-corrected chi connectivity index (χ0v) is 22.2. The van der Waals surface area contributed by atoms with E-state index in [2.05, 4.69) is 69.3 Å². The zero-order chi connectivity index (χ0) is 26.6. The molecule has 6 nitrogen and oxygen atoms in total. The van der Waals surface area contributed by atoms with Crippen molar-refractivity contribution >= 4 is 28.9 Å². The maximum absolute atomic E-state index is 14.1. The standard InChI is InChI=1S/C30H30FN5OS/c1-20-18-23(21(2)36(20)19-22-10-4-3-5-11-22)29-28(26-14-8-9-16-32-26)34-30(38)35(29)17-15-27(37)33-25-13-7-6-12-24(25)31/h3-14,16,18,28-29H,15,17,19H2,1-2H3,(H,33,37)(H,34,38)/t28-,29-/m1/s1. The van der Waals surface area contributed by atoms with E-state index in [0.29, 0.717) is 11.7 Å². The molecule has 2 atom stereocenters. The van der Waals surface area contributed by atoms with Gasteiger partial charge in [0.2, 0.25) is 5.91 Å². The molecule has 8 heteroatoms. The fourth-order valence-corrected chi connectivity index (χ4v) is 5.45. The first kappa shape index (κ1) is 25.6. The second kappa shape index (κ2) is 11.1. The number of anilines is 1. The first-order valence-corrected chi connectivity index (χ1v) is 13.1. The van der Waals surface area contributed by atoms with Crippen LogP contribution in [0, 0.1) is 19.7 Å². The predicted molar refractivity (Wildman–Crippen MR) is 151 cm³/mol. The Bertz CT molecular complexity index is 1440. The number of hydrogen-bond acceptors (Lipinski definition) is 3. The number of pyridine rings is 1. The molecule has 0 bridgehead atoms. The largest absolute Gasteiger partial charge is 0.352 e. The molecule has 5 rings (SSSR count). The van der Waals surface area contributed by atoms with Gasteiger partial charge in [-0.25, -0.2) is 4.39 Å². The molecule has 0 saturated carbocycles. The molecule has 1 amide bonds. The summed E-state index contributed by atoms with van der Waals surface area (Å²) < 4.78 is 16.4. The van der Waals surface area contributed by atoms with E-state index in [1.807, 2.05) is 24.3 Å². The number of carbonyl (C=O) groups is 1. The van der Waals surface area contributed by atoms with Crippen molar-refractivity contribution in [2.45, 2.75) is 38.9 Å². The highest BCUT2D eigenvalue weighted by molar-refractivity contribution is 7.80. The summed E-state index contributed by atoms with van der Waals surface area (Å²) in [5.41, 5.74) is 5.71. The lowest BCUT2D eigenvalue weighted by atomic mass is 9.96. The van der Waals surface area contributed by atoms with Gasteiger partial charge in [0.15, 0.2) is 5.11 Å². The van der Waals surface area contributed by atoms with Crippen LogP contribution >= 0.6 is 12.2 Å². The summed E-state index contributed by atoms with van der Waals surface area (Å²) in [6, 6.07) is 24.3. The summed E-state index contributed by atoms with van der Waals surface area (Å²) in [6.07, 6.45) is 1.94. The number of carbonyl (C=O) groups excluding carboxylic acids is 1. The summed E-state index contributed by atoms with van der Waals surface area (Å²) >= 11 is 5.77. The summed E-state index contributed by atoms with van der Waals surface area (Å²) in [5.74, 6) is -0.731. The van der Waals surface area contributed by atoms with Gasteiger partial charge in [-0.15, -0.1) is 0 Å². The zero-order valence-electron chi connectivity index (χ0n) is 21.4. The molecule has 2 aromatic carbocycles. The number of rotatable bonds is 8. The molecule has 2 N–H and O–H groups in total. The molecule has 2 aromatic heterocycles. The van der Waals surface area contributed by atoms with Gasteiger partial charge in [-0.3, -0.25) is 9.78 Å². The Labute approximate surface area is 227 Å². The molecule has 1 saturated heterocycles. The van der Waals surface area contributed by atoms with Gasteiger partial charge in [-0.1, -0.05) is 48.5 Å². The fraction of sp³-hybridized carbons (Fsp3) is 0.233. The van der Waals surface area contributed by atoms with Gasteiger partial charge < -0.3 is 20.1 Å². The third-order valence-electron chi connectivity index (χ3n) is 7.04. The molecular formula is C30H30FN5OS. The van der Waals surface area contributed by atoms with Crippen molar-refractivity contribution in [3.63, 3.8) is 0 Å². The molecule has 1 aliphatic rings. The number of thiocarbonyl (C=S) groups is 1. The van der Waals surface area contributed by atoms with Crippen LogP contribution in [0.4, 0.5) is 10.1 Å². The van der Waals surface area contributed by atoms with Crippen LogP contribution < -0.4 is 10.6 Å². The summed E-state index contributed by atoms with van der Waals surface area (Å²) in [4.78, 5) is 19.4. The van der Waals surface area contributed by atoms with Crippen molar-refractivity contribution < 1.29 is 9.18 Å². The van der Waals surface area contributed by atoms with E-state index in [-0.39, 0.29) is 30.1 Å². The van der Waals surface area contributed by atoms with Gasteiger partial charge in [0.1, 0.15) is 5.82 Å². The number of para-hydroxylation sites is 1. The molecule has 0 spiro atoms. The van der Waals surface area contributed by atoms with E-state index in [9.17, 15) is 9.18 Å². The SMILES string of the molecule is Cc1cc([C@@H]2[C@@H](c3ccccn3)NC(=S)N2CCC(=O)Nc2ccccc2F)c(C)n1Cc1ccccc1. The van der Waals surface area contributed by atoms with Crippen LogP contribution in [0.25, 0.3) is 0 Å². The molecule has 4 aromatic rings. The summed E-state index contributed by atoms with van der Waals surface area (Å²) in [5, 5.41) is 6.70. The minimum absolute atomic E-state index is 0.157. The minimum atomic E-state index is -0.460. The van der Waals surface area contributed by atoms with Crippen molar-refractivity contribution in [2.75, 3.05) is 11.9 Å². The van der Waals surface area contributed by atoms with Crippen LogP contribution in [0.5, 0.6) is 0 Å². The number of aryl methyl sites for hydroxylation is 1. The van der Waals surface area contributed by atoms with Crippen molar-refractivity contribution in [2.24, 2.45) is 0 Å². The Morgan fingerprint density at radius 3 is 2.53 bits per heavy atom. The van der Waals surface area contributed by atoms with E-state index in [0.717, 1.165) is 29.2 Å². The van der Waals surface area contributed by atoms with Gasteiger partial charge in [0.25, 0.3) is 0 Å². The fourth-order valence-electron chi connectivity index (χ4n) is 5.12. The molecule has 0 unspecified atom stereocenters. The van der Waals surface area contributed by atoms with Crippen molar-refractivity contribution in [1.82, 2.24) is 19.8 Å². The smallest absolute Gasteiger partial charge is 0.226 e. The van der Waals surface area contributed by atoms with Crippen LogP contribution in [0.3, 0.4) is 0 Å². The Morgan fingerprint density at radius 1 is 1.05 bits per heavy atom. The first-order valence-electron chi connectivity index (χ1n) is 12.7. The second-order valence-corrected chi connectivity index (χ2v) is 9.88. The quantitative estimate of drug-likeness (QED) is 0.288. The van der Waals surface area contributed by atoms with E-state index < -0.39 is 5.82 Å². The number of halogens is 1.